The van der Waals surface area contributed by atoms with Gasteiger partial charge in [-0.1, -0.05) is 23.7 Å². The molecule has 19 heteroatoms. The fourth-order valence-corrected chi connectivity index (χ4v) is 11.1. The number of rotatable bonds is 9. The Kier molecular flexibility index (Phi) is 11.2. The highest BCUT2D eigenvalue weighted by Gasteiger charge is 2.50. The van der Waals surface area contributed by atoms with Crippen LogP contribution in [0.15, 0.2) is 42.6 Å². The molecule has 2 aromatic heterocycles. The van der Waals surface area contributed by atoms with E-state index in [1.54, 1.807) is 19.2 Å². The molecule has 1 saturated carbocycles. The zero-order valence-electron chi connectivity index (χ0n) is 36.5. The Hall–Kier alpha value is -5.46. The predicted octanol–water partition coefficient (Wildman–Crippen LogP) is 5.94. The lowest BCUT2D eigenvalue weighted by Gasteiger charge is -2.51. The third-order valence-corrected chi connectivity index (χ3v) is 15.0. The average molecular weight is 916 g/mol. The first-order valence-electron chi connectivity index (χ1n) is 22.7. The maximum atomic E-state index is 16.2. The minimum atomic E-state index is -2.90. The van der Waals surface area contributed by atoms with Crippen molar-refractivity contribution in [1.82, 2.24) is 39.9 Å². The fourth-order valence-electron chi connectivity index (χ4n) is 10.8. The van der Waals surface area contributed by atoms with Crippen LogP contribution in [0.25, 0.3) is 5.65 Å². The zero-order valence-corrected chi connectivity index (χ0v) is 37.3. The lowest BCUT2D eigenvalue weighted by Crippen LogP contribution is -2.60. The zero-order chi connectivity index (χ0) is 45.4. The number of hydrogen-bond acceptors (Lipinski definition) is 10. The summed E-state index contributed by atoms with van der Waals surface area (Å²) < 4.78 is 47.6. The van der Waals surface area contributed by atoms with Crippen molar-refractivity contribution in [1.29, 1.82) is 0 Å². The molecule has 344 valence electrons. The normalized spacial score (nSPS) is 24.3. The molecule has 3 N–H and O–H groups in total. The van der Waals surface area contributed by atoms with Gasteiger partial charge in [0.25, 0.3) is 17.7 Å². The molecule has 1 spiro atoms. The Morgan fingerprint density at radius 3 is 2.40 bits per heavy atom. The maximum Gasteiger partial charge on any atom is 0.328 e. The maximum absolute atomic E-state index is 16.2. The largest absolute Gasteiger partial charge is 0.385 e. The van der Waals surface area contributed by atoms with E-state index < -0.39 is 36.1 Å². The van der Waals surface area contributed by atoms with E-state index in [2.05, 4.69) is 25.8 Å². The fraction of sp³-hybridized carbons (Fsp3) is 0.522. The van der Waals surface area contributed by atoms with Crippen molar-refractivity contribution in [3.05, 3.63) is 75.6 Å². The summed E-state index contributed by atoms with van der Waals surface area (Å²) in [6, 6.07) is 9.29. The molecule has 1 aliphatic carbocycles. The lowest BCUT2D eigenvalue weighted by molar-refractivity contribution is -0.139. The number of fused-ring (bicyclic) bond motifs is 2. The Labute approximate surface area is 379 Å². The summed E-state index contributed by atoms with van der Waals surface area (Å²) >= 11 is 6.52. The van der Waals surface area contributed by atoms with E-state index in [1.165, 1.54) is 15.6 Å². The molecule has 4 aromatic rings. The molecule has 2 aromatic carbocycles. The number of aromatic nitrogens is 3. The van der Waals surface area contributed by atoms with Crippen LogP contribution >= 0.6 is 11.6 Å². The number of anilines is 4. The smallest absolute Gasteiger partial charge is 0.328 e. The second kappa shape index (κ2) is 16.8. The number of imide groups is 1. The molecule has 3 atom stereocenters. The Morgan fingerprint density at radius 1 is 0.954 bits per heavy atom. The number of alkyl halides is 3. The van der Waals surface area contributed by atoms with Crippen molar-refractivity contribution < 1.29 is 32.3 Å². The molecular weight excluding hydrogens is 863 g/mol. The number of aryl methyl sites for hydroxylation is 1. The van der Waals surface area contributed by atoms with Crippen molar-refractivity contribution in [3.8, 4) is 0 Å². The first kappa shape index (κ1) is 43.4. The number of nitrogens with one attached hydrogen (secondary N) is 3. The third-order valence-electron chi connectivity index (χ3n) is 14.7. The van der Waals surface area contributed by atoms with Gasteiger partial charge in [0.15, 0.2) is 17.2 Å². The lowest BCUT2D eigenvalue weighted by atomic mass is 9.70. The van der Waals surface area contributed by atoms with Gasteiger partial charge in [-0.15, -0.1) is 5.10 Å². The summed E-state index contributed by atoms with van der Waals surface area (Å²) in [5.41, 5.74) is 5.93. The van der Waals surface area contributed by atoms with E-state index in [-0.39, 0.29) is 42.4 Å². The summed E-state index contributed by atoms with van der Waals surface area (Å²) in [6.45, 7) is 5.54. The van der Waals surface area contributed by atoms with Crippen LogP contribution in [-0.2, 0) is 17.8 Å². The molecule has 6 aliphatic rings. The third kappa shape index (κ3) is 8.15. The van der Waals surface area contributed by atoms with Crippen molar-refractivity contribution in [2.75, 3.05) is 74.5 Å². The van der Waals surface area contributed by atoms with Crippen LogP contribution in [0.1, 0.15) is 82.5 Å². The van der Waals surface area contributed by atoms with Crippen LogP contribution < -0.4 is 25.8 Å². The predicted molar refractivity (Wildman–Crippen MR) is 239 cm³/mol. The highest BCUT2D eigenvalue weighted by Crippen LogP contribution is 2.45. The van der Waals surface area contributed by atoms with E-state index in [4.69, 9.17) is 16.7 Å². The van der Waals surface area contributed by atoms with Crippen LogP contribution in [0, 0.1) is 12.3 Å². The highest BCUT2D eigenvalue weighted by molar-refractivity contribution is 6.34. The molecule has 4 saturated heterocycles. The standard InChI is InChI=1S/C46H53ClF3N11O4/c1-27-20-31(47)36(60-15-8-40(62)54-44(60)65)21-30(27)43(64)58-18-11-45(12-19-58)9-16-57(17-10-45)38-7-13-56(26-46(38,49)50)25-28-4-3-5-35-29(28)6-14-59(35)39-23-34(51-2)41-52-24-37(61(41)55-39)42(63)53-33-22-32(33)48/h3-5,20-21,23-24,32-33,38,51H,6-19,22,25-26H2,1-2H3,(H,53,63)(H,54,62,65)/t32-,33?,38?/m0/s1. The number of benzene rings is 2. The number of carbonyl (C=O) groups excluding carboxylic acids is 4. The molecule has 5 amide bonds. The van der Waals surface area contributed by atoms with Crippen LogP contribution in [0.4, 0.5) is 40.8 Å². The number of hydrogen-bond donors (Lipinski definition) is 3. The summed E-state index contributed by atoms with van der Waals surface area (Å²) in [4.78, 5) is 64.8. The van der Waals surface area contributed by atoms with Crippen LogP contribution in [0.2, 0.25) is 5.02 Å². The van der Waals surface area contributed by atoms with E-state index in [0.717, 1.165) is 42.5 Å². The van der Waals surface area contributed by atoms with Crippen molar-refractivity contribution in [2.45, 2.75) is 89.0 Å². The SMILES string of the molecule is CNc1cc(N2CCc3c(CN4CCC(N5CCC6(CCN(C(=O)c7cc(N8CCC(=O)NC8=O)c(Cl)cc7C)CC6)CC5)C(F)(F)C4)cccc32)nn2c(C(=O)NC3C[C@@H]3F)cnc12. The molecule has 65 heavy (non-hydrogen) atoms. The number of amides is 5. The van der Waals surface area contributed by atoms with Crippen molar-refractivity contribution >= 4 is 63.9 Å². The van der Waals surface area contributed by atoms with E-state index in [9.17, 15) is 23.6 Å². The van der Waals surface area contributed by atoms with Gasteiger partial charge in [-0.3, -0.25) is 34.4 Å². The molecule has 5 fully saturated rings. The number of likely N-dealkylation sites (tertiary alicyclic amines) is 3. The highest BCUT2D eigenvalue weighted by atomic mass is 35.5. The minimum Gasteiger partial charge on any atom is -0.385 e. The molecule has 0 bridgehead atoms. The van der Waals surface area contributed by atoms with Crippen LogP contribution in [0.5, 0.6) is 0 Å². The molecule has 2 unspecified atom stereocenters. The summed E-state index contributed by atoms with van der Waals surface area (Å²) in [7, 11) is 1.77. The average Bonchev–Trinajstić information content (AvgIpc) is 3.59. The molecule has 0 radical (unpaired) electrons. The number of piperidine rings is 3. The number of urea groups is 1. The Balaban J connectivity index is 0.751. The van der Waals surface area contributed by atoms with Crippen LogP contribution in [0.3, 0.4) is 0 Å². The minimum absolute atomic E-state index is 0.00852. The van der Waals surface area contributed by atoms with Gasteiger partial charge in [-0.25, -0.2) is 27.5 Å². The van der Waals surface area contributed by atoms with Gasteiger partial charge in [0.05, 0.1) is 41.2 Å². The molecule has 7 heterocycles. The first-order valence-corrected chi connectivity index (χ1v) is 23.0. The summed E-state index contributed by atoms with van der Waals surface area (Å²) in [5, 5.41) is 13.3. The second-order valence-corrected chi connectivity index (χ2v) is 19.1. The van der Waals surface area contributed by atoms with Gasteiger partial charge in [0.2, 0.25) is 5.91 Å². The van der Waals surface area contributed by atoms with E-state index in [0.29, 0.717) is 104 Å². The number of carbonyl (C=O) groups is 4. The van der Waals surface area contributed by atoms with Gasteiger partial charge in [-0.2, -0.15) is 0 Å². The quantitative estimate of drug-likeness (QED) is 0.184. The van der Waals surface area contributed by atoms with Gasteiger partial charge in [-0.05, 0) is 98.8 Å². The molecule has 15 nitrogen and oxygen atoms in total. The van der Waals surface area contributed by atoms with E-state index in [1.807, 2.05) is 45.9 Å². The summed E-state index contributed by atoms with van der Waals surface area (Å²) in [6.07, 6.45) is 5.10. The van der Waals surface area contributed by atoms with Gasteiger partial charge in [0.1, 0.15) is 6.17 Å². The number of halogens is 4. The molecule has 10 rings (SSSR count). The van der Waals surface area contributed by atoms with Gasteiger partial charge in [0, 0.05) is 76.5 Å². The topological polar surface area (TPSA) is 151 Å². The molecule has 5 aliphatic heterocycles. The monoisotopic (exact) mass is 915 g/mol. The second-order valence-electron chi connectivity index (χ2n) is 18.7. The van der Waals surface area contributed by atoms with Gasteiger partial charge < -0.3 is 20.4 Å². The van der Waals surface area contributed by atoms with Crippen molar-refractivity contribution in [3.63, 3.8) is 0 Å². The Morgan fingerprint density at radius 2 is 1.69 bits per heavy atom. The van der Waals surface area contributed by atoms with E-state index >= 15 is 8.78 Å². The van der Waals surface area contributed by atoms with Crippen molar-refractivity contribution in [2.24, 2.45) is 5.41 Å². The van der Waals surface area contributed by atoms with Gasteiger partial charge >= 0.3 is 6.03 Å². The number of nitrogens with zero attached hydrogens (tertiary/aromatic N) is 8. The number of imidazole rings is 1. The summed E-state index contributed by atoms with van der Waals surface area (Å²) in [5.74, 6) is -3.23. The first-order chi connectivity index (χ1) is 31.2. The van der Waals surface area contributed by atoms with Crippen LogP contribution in [-0.4, -0.2) is 137 Å². The Bertz CT molecular complexity index is 2570. The molecular formula is C46H53ClF3N11O4.